The molecule has 1 aliphatic heterocycles. The van der Waals surface area contributed by atoms with Gasteiger partial charge in [0.25, 0.3) is 0 Å². The van der Waals surface area contributed by atoms with Crippen molar-refractivity contribution in [2.75, 3.05) is 6.54 Å². The summed E-state index contributed by atoms with van der Waals surface area (Å²) in [5, 5.41) is 7.17. The van der Waals surface area contributed by atoms with Gasteiger partial charge >= 0.3 is 0 Å². The van der Waals surface area contributed by atoms with E-state index in [1.54, 1.807) is 0 Å². The Morgan fingerprint density at radius 2 is 2.00 bits per heavy atom. The summed E-state index contributed by atoms with van der Waals surface area (Å²) >= 11 is 7.67. The first kappa shape index (κ1) is 17.3. The van der Waals surface area contributed by atoms with Crippen LogP contribution in [0.15, 0.2) is 41.8 Å². The summed E-state index contributed by atoms with van der Waals surface area (Å²) in [6.07, 6.45) is 3.61. The van der Waals surface area contributed by atoms with Gasteiger partial charge in [-0.15, -0.1) is 11.3 Å². The Balaban J connectivity index is 1.52. The third-order valence-electron chi connectivity index (χ3n) is 5.71. The number of hydrogen-bond donors (Lipinski definition) is 0. The van der Waals surface area contributed by atoms with Crippen LogP contribution in [0.5, 0.6) is 0 Å². The van der Waals surface area contributed by atoms with Crippen LogP contribution >= 0.6 is 23.6 Å². The minimum absolute atomic E-state index is 0.277. The standard InChI is InChI=1S/C21H24N4S2/c1-2-24-20(16-8-9-16)22-25(21(24)26)14-23-12-10-18-17(11-13-27-18)19(23)15-6-4-3-5-7-15/h3-7,11,13,16,19H,2,8-10,12,14H2,1H3. The van der Waals surface area contributed by atoms with Gasteiger partial charge in [-0.1, -0.05) is 30.3 Å². The van der Waals surface area contributed by atoms with E-state index in [0.29, 0.717) is 5.92 Å². The quantitative estimate of drug-likeness (QED) is 0.569. The fourth-order valence-electron chi connectivity index (χ4n) is 4.21. The molecule has 1 saturated carbocycles. The molecular formula is C21H24N4S2. The van der Waals surface area contributed by atoms with E-state index in [9.17, 15) is 0 Å². The van der Waals surface area contributed by atoms with Crippen molar-refractivity contribution in [1.29, 1.82) is 0 Å². The topological polar surface area (TPSA) is 26.0 Å². The Kier molecular flexibility index (Phi) is 4.50. The van der Waals surface area contributed by atoms with Gasteiger partial charge in [0, 0.05) is 23.9 Å². The van der Waals surface area contributed by atoms with Crippen LogP contribution in [0, 0.1) is 4.77 Å². The lowest BCUT2D eigenvalue weighted by Gasteiger charge is -2.36. The molecule has 1 aliphatic carbocycles. The summed E-state index contributed by atoms with van der Waals surface area (Å²) in [6, 6.07) is 13.4. The van der Waals surface area contributed by atoms with Crippen molar-refractivity contribution >= 4 is 23.6 Å². The zero-order valence-corrected chi connectivity index (χ0v) is 17.2. The molecule has 3 aromatic rings. The van der Waals surface area contributed by atoms with Crippen LogP contribution in [0.1, 0.15) is 53.6 Å². The average molecular weight is 397 g/mol. The highest BCUT2D eigenvalue weighted by molar-refractivity contribution is 7.71. The Bertz CT molecular complexity index is 997. The summed E-state index contributed by atoms with van der Waals surface area (Å²) in [4.78, 5) is 4.05. The van der Waals surface area contributed by atoms with Gasteiger partial charge in [0.05, 0.1) is 12.7 Å². The van der Waals surface area contributed by atoms with E-state index < -0.39 is 0 Å². The van der Waals surface area contributed by atoms with Crippen LogP contribution in [0.2, 0.25) is 0 Å². The van der Waals surface area contributed by atoms with E-state index in [4.69, 9.17) is 17.3 Å². The van der Waals surface area contributed by atoms with Crippen molar-refractivity contribution in [2.45, 2.75) is 51.4 Å². The molecule has 140 valence electrons. The highest BCUT2D eigenvalue weighted by atomic mass is 32.1. The molecule has 0 bridgehead atoms. The number of thiophene rings is 1. The van der Waals surface area contributed by atoms with Crippen molar-refractivity contribution < 1.29 is 0 Å². The molecule has 3 heterocycles. The second-order valence-electron chi connectivity index (χ2n) is 7.47. The van der Waals surface area contributed by atoms with Gasteiger partial charge in [0.2, 0.25) is 0 Å². The van der Waals surface area contributed by atoms with Crippen molar-refractivity contribution in [3.8, 4) is 0 Å². The van der Waals surface area contributed by atoms with Crippen LogP contribution < -0.4 is 0 Å². The molecule has 2 aromatic heterocycles. The maximum Gasteiger partial charge on any atom is 0.199 e. The molecule has 2 aliphatic rings. The van der Waals surface area contributed by atoms with Gasteiger partial charge in [-0.05, 0) is 61.0 Å². The van der Waals surface area contributed by atoms with E-state index in [1.807, 2.05) is 11.3 Å². The summed E-state index contributed by atoms with van der Waals surface area (Å²) in [5.41, 5.74) is 2.79. The minimum atomic E-state index is 0.277. The van der Waals surface area contributed by atoms with E-state index in [1.165, 1.54) is 34.7 Å². The van der Waals surface area contributed by atoms with Crippen molar-refractivity contribution in [3.63, 3.8) is 0 Å². The van der Waals surface area contributed by atoms with Gasteiger partial charge in [0.15, 0.2) is 4.77 Å². The summed E-state index contributed by atoms with van der Waals surface area (Å²) in [7, 11) is 0. The second-order valence-corrected chi connectivity index (χ2v) is 8.84. The molecule has 27 heavy (non-hydrogen) atoms. The maximum atomic E-state index is 5.78. The number of rotatable bonds is 5. The monoisotopic (exact) mass is 396 g/mol. The molecular weight excluding hydrogens is 372 g/mol. The lowest BCUT2D eigenvalue weighted by atomic mass is 9.94. The number of fused-ring (bicyclic) bond motifs is 1. The normalized spacial score (nSPS) is 20.0. The van der Waals surface area contributed by atoms with Gasteiger partial charge in [-0.25, -0.2) is 4.68 Å². The predicted molar refractivity (Wildman–Crippen MR) is 112 cm³/mol. The van der Waals surface area contributed by atoms with Crippen LogP contribution in [0.25, 0.3) is 0 Å². The SMILES string of the molecule is CCn1c(C2CC2)nn(CN2CCc3sccc3C2c2ccccc2)c1=S. The molecule has 0 N–H and O–H groups in total. The molecule has 4 nitrogen and oxygen atoms in total. The Labute approximate surface area is 169 Å². The number of benzene rings is 1. The molecule has 0 radical (unpaired) electrons. The molecule has 0 spiro atoms. The summed E-state index contributed by atoms with van der Waals surface area (Å²) in [6.45, 7) is 4.85. The van der Waals surface area contributed by atoms with Gasteiger partial charge in [-0.2, -0.15) is 5.10 Å². The first-order chi connectivity index (χ1) is 13.3. The minimum Gasteiger partial charge on any atom is -0.304 e. The lowest BCUT2D eigenvalue weighted by molar-refractivity contribution is 0.156. The highest BCUT2D eigenvalue weighted by Gasteiger charge is 2.32. The second kappa shape index (κ2) is 7.00. The molecule has 5 rings (SSSR count). The first-order valence-corrected chi connectivity index (χ1v) is 11.1. The first-order valence-electron chi connectivity index (χ1n) is 9.79. The van der Waals surface area contributed by atoms with Crippen LogP contribution in [0.4, 0.5) is 0 Å². The lowest BCUT2D eigenvalue weighted by Crippen LogP contribution is -2.37. The van der Waals surface area contributed by atoms with Gasteiger partial charge in [-0.3, -0.25) is 4.90 Å². The number of hydrogen-bond acceptors (Lipinski definition) is 4. The van der Waals surface area contributed by atoms with E-state index in [0.717, 1.165) is 31.0 Å². The van der Waals surface area contributed by atoms with Crippen LogP contribution in [-0.4, -0.2) is 25.8 Å². The predicted octanol–water partition coefficient (Wildman–Crippen LogP) is 4.98. The maximum absolute atomic E-state index is 5.78. The zero-order chi connectivity index (χ0) is 18.4. The largest absolute Gasteiger partial charge is 0.304 e. The molecule has 1 unspecified atom stereocenters. The van der Waals surface area contributed by atoms with E-state index >= 15 is 0 Å². The van der Waals surface area contributed by atoms with Crippen LogP contribution in [-0.2, 0) is 19.6 Å². The Morgan fingerprint density at radius 1 is 1.19 bits per heavy atom. The van der Waals surface area contributed by atoms with E-state index in [-0.39, 0.29) is 6.04 Å². The van der Waals surface area contributed by atoms with Gasteiger partial charge in [0.1, 0.15) is 5.82 Å². The molecule has 0 saturated heterocycles. The molecule has 1 fully saturated rings. The fourth-order valence-corrected chi connectivity index (χ4v) is 5.43. The smallest absolute Gasteiger partial charge is 0.199 e. The molecule has 1 aromatic carbocycles. The summed E-state index contributed by atoms with van der Waals surface area (Å²) < 4.78 is 5.15. The third-order valence-corrected chi connectivity index (χ3v) is 7.13. The third kappa shape index (κ3) is 3.10. The Morgan fingerprint density at radius 3 is 2.74 bits per heavy atom. The van der Waals surface area contributed by atoms with E-state index in [2.05, 4.69) is 62.9 Å². The number of nitrogens with zero attached hydrogens (tertiary/aromatic N) is 4. The fraction of sp³-hybridized carbons (Fsp3) is 0.429. The molecule has 0 amide bonds. The zero-order valence-electron chi connectivity index (χ0n) is 15.5. The van der Waals surface area contributed by atoms with Crippen molar-refractivity contribution in [1.82, 2.24) is 19.2 Å². The average Bonchev–Trinajstić information content (AvgIpc) is 3.35. The molecule has 6 heteroatoms. The Hall–Kier alpha value is -1.76. The van der Waals surface area contributed by atoms with Crippen molar-refractivity contribution in [2.24, 2.45) is 0 Å². The van der Waals surface area contributed by atoms with Gasteiger partial charge < -0.3 is 4.57 Å². The highest BCUT2D eigenvalue weighted by Crippen LogP contribution is 2.40. The molecule has 1 atom stereocenters. The summed E-state index contributed by atoms with van der Waals surface area (Å²) in [5.74, 6) is 1.80. The van der Waals surface area contributed by atoms with Crippen molar-refractivity contribution in [3.05, 3.63) is 68.4 Å². The van der Waals surface area contributed by atoms with Crippen LogP contribution in [0.3, 0.4) is 0 Å². The number of aromatic nitrogens is 3.